The molecule has 0 bridgehead atoms. The Hall–Kier alpha value is -0.350. The Morgan fingerprint density at radius 3 is 2.88 bits per heavy atom. The highest BCUT2D eigenvalue weighted by Crippen LogP contribution is 2.01. The number of rotatable bonds is 3. The first-order valence-corrected chi connectivity index (χ1v) is 5.77. The topological polar surface area (TPSA) is 28.2 Å². The second kappa shape index (κ2) is 9.66. The van der Waals surface area contributed by atoms with Crippen LogP contribution in [0.15, 0.2) is 24.5 Å². The molecule has 1 N–H and O–H groups in total. The van der Waals surface area contributed by atoms with Gasteiger partial charge in [-0.25, -0.2) is 0 Å². The van der Waals surface area contributed by atoms with Crippen LogP contribution < -0.4 is 5.32 Å². The predicted molar refractivity (Wildman–Crippen MR) is 76.4 cm³/mol. The summed E-state index contributed by atoms with van der Waals surface area (Å²) in [5.41, 5.74) is 1.34. The van der Waals surface area contributed by atoms with Gasteiger partial charge < -0.3 is 10.2 Å². The molecule has 0 radical (unpaired) electrons. The van der Waals surface area contributed by atoms with Gasteiger partial charge in [0.05, 0.1) is 0 Å². The summed E-state index contributed by atoms with van der Waals surface area (Å²) >= 11 is 0. The third-order valence-electron chi connectivity index (χ3n) is 2.87. The van der Waals surface area contributed by atoms with Crippen LogP contribution in [0.1, 0.15) is 12.0 Å². The molecule has 5 heteroatoms. The van der Waals surface area contributed by atoms with Crippen molar-refractivity contribution in [1.29, 1.82) is 0 Å². The van der Waals surface area contributed by atoms with Crippen molar-refractivity contribution in [3.8, 4) is 0 Å². The van der Waals surface area contributed by atoms with Crippen molar-refractivity contribution in [3.05, 3.63) is 30.1 Å². The molecule has 3 nitrogen and oxygen atoms in total. The lowest BCUT2D eigenvalue weighted by Gasteiger charge is -2.18. The van der Waals surface area contributed by atoms with Gasteiger partial charge in [-0.05, 0) is 37.6 Å². The minimum Gasteiger partial charge on any atom is -0.315 e. The van der Waals surface area contributed by atoms with Gasteiger partial charge in [-0.15, -0.1) is 24.8 Å². The molecule has 1 aliphatic rings. The second-order valence-corrected chi connectivity index (χ2v) is 4.06. The predicted octanol–water partition coefficient (Wildman–Crippen LogP) is 1.76. The first kappa shape index (κ1) is 16.6. The molecule has 1 aromatic rings. The number of hydrogen-bond acceptors (Lipinski definition) is 3. The number of halogens is 2. The van der Waals surface area contributed by atoms with Gasteiger partial charge in [-0.1, -0.05) is 6.07 Å². The Kier molecular flexibility index (Phi) is 9.46. The van der Waals surface area contributed by atoms with Crippen LogP contribution in [0.25, 0.3) is 0 Å². The minimum absolute atomic E-state index is 0. The molecule has 0 unspecified atom stereocenters. The quantitative estimate of drug-likeness (QED) is 0.913. The molecule has 2 rings (SSSR count). The van der Waals surface area contributed by atoms with Gasteiger partial charge in [0.25, 0.3) is 0 Å². The largest absolute Gasteiger partial charge is 0.315 e. The normalized spacial score (nSPS) is 16.5. The number of aromatic nitrogens is 1. The van der Waals surface area contributed by atoms with E-state index in [1.54, 1.807) is 0 Å². The van der Waals surface area contributed by atoms with E-state index in [2.05, 4.69) is 21.3 Å². The van der Waals surface area contributed by atoms with Crippen LogP contribution in [0.5, 0.6) is 0 Å². The van der Waals surface area contributed by atoms with E-state index >= 15 is 0 Å². The van der Waals surface area contributed by atoms with Crippen molar-refractivity contribution < 1.29 is 0 Å². The van der Waals surface area contributed by atoms with E-state index in [0.29, 0.717) is 0 Å². The molecule has 17 heavy (non-hydrogen) atoms. The summed E-state index contributed by atoms with van der Waals surface area (Å²) in [6.45, 7) is 5.87. The average molecular weight is 278 g/mol. The lowest BCUT2D eigenvalue weighted by Crippen LogP contribution is -2.30. The van der Waals surface area contributed by atoms with Crippen molar-refractivity contribution in [1.82, 2.24) is 15.2 Å². The van der Waals surface area contributed by atoms with E-state index in [1.807, 2.05) is 18.5 Å². The molecule has 1 aromatic heterocycles. The molecule has 1 aliphatic heterocycles. The molecule has 1 fully saturated rings. The lowest BCUT2D eigenvalue weighted by molar-refractivity contribution is 0.296. The van der Waals surface area contributed by atoms with Crippen LogP contribution in [0.4, 0.5) is 0 Å². The lowest BCUT2D eigenvalue weighted by atomic mass is 10.2. The number of nitrogens with one attached hydrogen (secondary N) is 1. The van der Waals surface area contributed by atoms with Crippen LogP contribution in [0.2, 0.25) is 0 Å². The molecule has 1 saturated heterocycles. The summed E-state index contributed by atoms with van der Waals surface area (Å²) < 4.78 is 0. The molecular weight excluding hydrogens is 257 g/mol. The SMILES string of the molecule is Cl.Cl.c1cncc(CCN2CCCNCC2)c1. The third kappa shape index (κ3) is 6.22. The maximum atomic E-state index is 4.14. The zero-order chi connectivity index (χ0) is 10.3. The standard InChI is InChI=1S/C12H19N3.2ClH/c1-3-12(11-14-5-1)4-9-15-8-2-6-13-7-10-15;;/h1,3,5,11,13H,2,4,6-10H2;2*1H. The van der Waals surface area contributed by atoms with E-state index in [4.69, 9.17) is 0 Å². The van der Waals surface area contributed by atoms with Gasteiger partial charge in [0.1, 0.15) is 0 Å². The maximum Gasteiger partial charge on any atom is 0.0300 e. The zero-order valence-corrected chi connectivity index (χ0v) is 11.6. The number of nitrogens with zero attached hydrogens (tertiary/aromatic N) is 2. The van der Waals surface area contributed by atoms with Crippen molar-refractivity contribution in [2.24, 2.45) is 0 Å². The number of pyridine rings is 1. The van der Waals surface area contributed by atoms with Gasteiger partial charge in [-0.3, -0.25) is 4.98 Å². The number of hydrogen-bond donors (Lipinski definition) is 1. The fourth-order valence-corrected chi connectivity index (χ4v) is 1.96. The Morgan fingerprint density at radius 1 is 1.24 bits per heavy atom. The average Bonchev–Trinajstić information content (AvgIpc) is 2.56. The Bertz CT molecular complexity index is 274. The highest BCUT2D eigenvalue weighted by molar-refractivity contribution is 5.85. The molecule has 0 spiro atoms. The van der Waals surface area contributed by atoms with Crippen LogP contribution in [0, 0.1) is 0 Å². The summed E-state index contributed by atoms with van der Waals surface area (Å²) in [4.78, 5) is 6.67. The molecule has 2 heterocycles. The molecule has 0 atom stereocenters. The second-order valence-electron chi connectivity index (χ2n) is 4.06. The molecule has 0 saturated carbocycles. The van der Waals surface area contributed by atoms with Crippen molar-refractivity contribution in [3.63, 3.8) is 0 Å². The smallest absolute Gasteiger partial charge is 0.0300 e. The first-order chi connectivity index (χ1) is 7.45. The van der Waals surface area contributed by atoms with Crippen LogP contribution in [0.3, 0.4) is 0 Å². The monoisotopic (exact) mass is 277 g/mol. The van der Waals surface area contributed by atoms with Gasteiger partial charge in [-0.2, -0.15) is 0 Å². The summed E-state index contributed by atoms with van der Waals surface area (Å²) in [6.07, 6.45) is 6.19. The van der Waals surface area contributed by atoms with Gasteiger partial charge in [0.15, 0.2) is 0 Å². The molecule has 0 aliphatic carbocycles. The Balaban J connectivity index is 0.00000128. The summed E-state index contributed by atoms with van der Waals surface area (Å²) in [7, 11) is 0. The minimum atomic E-state index is 0. The van der Waals surface area contributed by atoms with E-state index in [0.717, 1.165) is 19.5 Å². The van der Waals surface area contributed by atoms with E-state index in [9.17, 15) is 0 Å². The van der Waals surface area contributed by atoms with Crippen molar-refractivity contribution in [2.45, 2.75) is 12.8 Å². The molecule has 0 aromatic carbocycles. The van der Waals surface area contributed by atoms with Gasteiger partial charge in [0, 0.05) is 32.0 Å². The van der Waals surface area contributed by atoms with Crippen LogP contribution in [-0.4, -0.2) is 42.6 Å². The third-order valence-corrected chi connectivity index (χ3v) is 2.87. The Morgan fingerprint density at radius 2 is 2.12 bits per heavy atom. The molecular formula is C12H21Cl2N3. The Labute approximate surface area is 116 Å². The van der Waals surface area contributed by atoms with Crippen molar-refractivity contribution >= 4 is 24.8 Å². The summed E-state index contributed by atoms with van der Waals surface area (Å²) in [5, 5.41) is 3.42. The summed E-state index contributed by atoms with van der Waals surface area (Å²) in [5.74, 6) is 0. The first-order valence-electron chi connectivity index (χ1n) is 5.77. The fraction of sp³-hybridized carbons (Fsp3) is 0.583. The highest BCUT2D eigenvalue weighted by atomic mass is 35.5. The maximum absolute atomic E-state index is 4.14. The fourth-order valence-electron chi connectivity index (χ4n) is 1.96. The van der Waals surface area contributed by atoms with Crippen LogP contribution >= 0.6 is 24.8 Å². The van der Waals surface area contributed by atoms with E-state index < -0.39 is 0 Å². The van der Waals surface area contributed by atoms with Gasteiger partial charge in [0.2, 0.25) is 0 Å². The van der Waals surface area contributed by atoms with E-state index in [1.165, 1.54) is 31.6 Å². The summed E-state index contributed by atoms with van der Waals surface area (Å²) in [6, 6.07) is 4.17. The zero-order valence-electron chi connectivity index (χ0n) is 9.97. The van der Waals surface area contributed by atoms with Gasteiger partial charge >= 0.3 is 0 Å². The van der Waals surface area contributed by atoms with Crippen molar-refractivity contribution in [2.75, 3.05) is 32.7 Å². The highest BCUT2D eigenvalue weighted by Gasteiger charge is 2.07. The molecule has 0 amide bonds. The van der Waals surface area contributed by atoms with E-state index in [-0.39, 0.29) is 24.8 Å². The molecule has 98 valence electrons. The van der Waals surface area contributed by atoms with Crippen LogP contribution in [-0.2, 0) is 6.42 Å².